The lowest BCUT2D eigenvalue weighted by Gasteiger charge is -2.01. The summed E-state index contributed by atoms with van der Waals surface area (Å²) >= 11 is 0. The van der Waals surface area contributed by atoms with Gasteiger partial charge in [-0.15, -0.1) is 5.10 Å². The molecule has 1 rings (SSSR count). The molecule has 0 unspecified atom stereocenters. The molecule has 0 aromatic carbocycles. The lowest BCUT2D eigenvalue weighted by Crippen LogP contribution is -2.30. The molecule has 1 aliphatic carbocycles. The van der Waals surface area contributed by atoms with Crippen molar-refractivity contribution in [1.29, 1.82) is 0 Å². The van der Waals surface area contributed by atoms with E-state index in [-0.39, 0.29) is 11.8 Å². The normalized spacial score (nSPS) is 16.0. The number of hydrogen-bond donors (Lipinski definition) is 1. The van der Waals surface area contributed by atoms with Gasteiger partial charge in [0.1, 0.15) is 0 Å². The Morgan fingerprint density at radius 3 is 2.50 bits per heavy atom. The van der Waals surface area contributed by atoms with Gasteiger partial charge in [-0.2, -0.15) is 5.10 Å². The molecule has 0 bridgehead atoms. The van der Waals surface area contributed by atoms with Gasteiger partial charge in [0.2, 0.25) is 5.91 Å². The summed E-state index contributed by atoms with van der Waals surface area (Å²) in [7, 11) is 0. The highest BCUT2D eigenvalue weighted by atomic mass is 16.2. The Balaban J connectivity index is 2.53. The van der Waals surface area contributed by atoms with Gasteiger partial charge >= 0.3 is 0 Å². The maximum atomic E-state index is 11.3. The van der Waals surface area contributed by atoms with E-state index in [4.69, 9.17) is 0 Å². The minimum absolute atomic E-state index is 0.0209. The van der Waals surface area contributed by atoms with Crippen molar-refractivity contribution >= 4 is 17.5 Å². The largest absolute Gasteiger partial charge is 0.309 e. The van der Waals surface area contributed by atoms with Gasteiger partial charge in [-0.05, 0) is 32.8 Å². The maximum absolute atomic E-state index is 11.3. The predicted molar refractivity (Wildman–Crippen MR) is 57.3 cm³/mol. The maximum Gasteiger partial charge on any atom is 0.228 e. The smallest absolute Gasteiger partial charge is 0.228 e. The fourth-order valence-electron chi connectivity index (χ4n) is 0.845. The average Bonchev–Trinajstić information content (AvgIpc) is 2.94. The zero-order valence-corrected chi connectivity index (χ0v) is 8.58. The molecular formula is C10H15N3O. The van der Waals surface area contributed by atoms with Crippen LogP contribution in [0.2, 0.25) is 0 Å². The van der Waals surface area contributed by atoms with Crippen molar-refractivity contribution < 1.29 is 4.79 Å². The van der Waals surface area contributed by atoms with Crippen molar-refractivity contribution in [2.45, 2.75) is 26.7 Å². The molecule has 0 heterocycles. The quantitative estimate of drug-likeness (QED) is 0.412. The number of rotatable bonds is 3. The molecule has 0 radical (unpaired) electrons. The molecule has 4 nitrogen and oxygen atoms in total. The Hall–Kier alpha value is -1.45. The summed E-state index contributed by atoms with van der Waals surface area (Å²) in [6, 6.07) is 0. The van der Waals surface area contributed by atoms with Crippen LogP contribution in [0.5, 0.6) is 0 Å². The van der Waals surface area contributed by atoms with E-state index in [1.807, 2.05) is 13.8 Å². The van der Waals surface area contributed by atoms with E-state index < -0.39 is 0 Å². The summed E-state index contributed by atoms with van der Waals surface area (Å²) in [6.07, 6.45) is 3.45. The molecule has 0 atom stereocenters. The second-order valence-electron chi connectivity index (χ2n) is 3.50. The van der Waals surface area contributed by atoms with Crippen LogP contribution in [-0.4, -0.2) is 17.5 Å². The highest BCUT2D eigenvalue weighted by Crippen LogP contribution is 2.28. The Morgan fingerprint density at radius 1 is 1.43 bits per heavy atom. The topological polar surface area (TPSA) is 53.8 Å². The number of nitrogens with zero attached hydrogens (tertiary/aromatic N) is 2. The number of carbonyl (C=O) groups excluding carboxylic acids is 1. The SMILES string of the molecule is C=C/C(=N\N=C(C)C)NC(=O)C1CC1. The molecule has 0 aromatic rings. The second-order valence-corrected chi connectivity index (χ2v) is 3.50. The first-order chi connectivity index (χ1) is 6.63. The van der Waals surface area contributed by atoms with Crippen molar-refractivity contribution in [1.82, 2.24) is 5.32 Å². The van der Waals surface area contributed by atoms with Gasteiger partial charge in [0.05, 0.1) is 0 Å². The molecular weight excluding hydrogens is 178 g/mol. The zero-order chi connectivity index (χ0) is 10.6. The molecule has 4 heteroatoms. The molecule has 0 aromatic heterocycles. The monoisotopic (exact) mass is 193 g/mol. The Kier molecular flexibility index (Phi) is 3.56. The van der Waals surface area contributed by atoms with E-state index >= 15 is 0 Å². The molecule has 1 saturated carbocycles. The lowest BCUT2D eigenvalue weighted by atomic mass is 10.4. The fourth-order valence-corrected chi connectivity index (χ4v) is 0.845. The van der Waals surface area contributed by atoms with Crippen LogP contribution in [0.4, 0.5) is 0 Å². The molecule has 1 amide bonds. The van der Waals surface area contributed by atoms with Gasteiger partial charge in [-0.3, -0.25) is 4.79 Å². The van der Waals surface area contributed by atoms with Crippen molar-refractivity contribution in [3.63, 3.8) is 0 Å². The van der Waals surface area contributed by atoms with Crippen molar-refractivity contribution in [3.05, 3.63) is 12.7 Å². The highest BCUT2D eigenvalue weighted by molar-refractivity contribution is 6.05. The summed E-state index contributed by atoms with van der Waals surface area (Å²) in [5, 5.41) is 10.4. The average molecular weight is 193 g/mol. The molecule has 14 heavy (non-hydrogen) atoms. The van der Waals surface area contributed by atoms with E-state index in [9.17, 15) is 4.79 Å². The molecule has 1 aliphatic rings. The van der Waals surface area contributed by atoms with E-state index in [0.29, 0.717) is 5.84 Å². The predicted octanol–water partition coefficient (Wildman–Crippen LogP) is 1.49. The molecule has 0 spiro atoms. The van der Waals surface area contributed by atoms with Gasteiger partial charge in [0.15, 0.2) is 5.84 Å². The van der Waals surface area contributed by atoms with E-state index in [2.05, 4.69) is 22.1 Å². The minimum Gasteiger partial charge on any atom is -0.309 e. The van der Waals surface area contributed by atoms with Crippen LogP contribution in [0.1, 0.15) is 26.7 Å². The first-order valence-electron chi connectivity index (χ1n) is 4.65. The molecule has 0 saturated heterocycles. The Labute approximate surface area is 83.8 Å². The highest BCUT2D eigenvalue weighted by Gasteiger charge is 2.29. The van der Waals surface area contributed by atoms with Crippen LogP contribution in [0.15, 0.2) is 22.9 Å². The van der Waals surface area contributed by atoms with Crippen LogP contribution >= 0.6 is 0 Å². The Morgan fingerprint density at radius 2 is 2.07 bits per heavy atom. The first-order valence-corrected chi connectivity index (χ1v) is 4.65. The van der Waals surface area contributed by atoms with E-state index in [1.54, 1.807) is 0 Å². The van der Waals surface area contributed by atoms with Crippen LogP contribution in [-0.2, 0) is 4.79 Å². The van der Waals surface area contributed by atoms with Crippen molar-refractivity contribution in [2.24, 2.45) is 16.1 Å². The van der Waals surface area contributed by atoms with Crippen LogP contribution in [0, 0.1) is 5.92 Å². The number of carbonyl (C=O) groups is 1. The first kappa shape index (κ1) is 10.6. The summed E-state index contributed by atoms with van der Waals surface area (Å²) < 4.78 is 0. The number of nitrogens with one attached hydrogen (secondary N) is 1. The van der Waals surface area contributed by atoms with E-state index in [1.165, 1.54) is 6.08 Å². The van der Waals surface area contributed by atoms with Gasteiger partial charge < -0.3 is 5.32 Å². The summed E-state index contributed by atoms with van der Waals surface area (Å²) in [6.45, 7) is 7.24. The number of amidine groups is 1. The van der Waals surface area contributed by atoms with Crippen LogP contribution in [0.3, 0.4) is 0 Å². The van der Waals surface area contributed by atoms with Gasteiger partial charge in [-0.1, -0.05) is 6.58 Å². The fraction of sp³-hybridized carbons (Fsp3) is 0.500. The second kappa shape index (κ2) is 4.69. The van der Waals surface area contributed by atoms with Gasteiger partial charge in [-0.25, -0.2) is 0 Å². The third-order valence-corrected chi connectivity index (χ3v) is 1.75. The van der Waals surface area contributed by atoms with Crippen LogP contribution < -0.4 is 5.32 Å². The zero-order valence-electron chi connectivity index (χ0n) is 8.58. The standard InChI is InChI=1S/C10H15N3O/c1-4-9(13-12-7(2)3)11-10(14)8-5-6-8/h4,8H,1,5-6H2,2-3H3,(H,11,13,14). The summed E-state index contributed by atoms with van der Waals surface area (Å²) in [5.41, 5.74) is 0.838. The van der Waals surface area contributed by atoms with Gasteiger partial charge in [0, 0.05) is 11.6 Å². The summed E-state index contributed by atoms with van der Waals surface area (Å²) in [5.74, 6) is 0.613. The summed E-state index contributed by atoms with van der Waals surface area (Å²) in [4.78, 5) is 11.3. The molecule has 1 fully saturated rings. The minimum atomic E-state index is 0.0209. The number of hydrogen-bond acceptors (Lipinski definition) is 3. The van der Waals surface area contributed by atoms with E-state index in [0.717, 1.165) is 18.6 Å². The van der Waals surface area contributed by atoms with Crippen molar-refractivity contribution in [2.75, 3.05) is 0 Å². The third-order valence-electron chi connectivity index (χ3n) is 1.75. The van der Waals surface area contributed by atoms with Crippen LogP contribution in [0.25, 0.3) is 0 Å². The Bertz CT molecular complexity index is 296. The lowest BCUT2D eigenvalue weighted by molar-refractivity contribution is -0.120. The number of amides is 1. The van der Waals surface area contributed by atoms with Gasteiger partial charge in [0.25, 0.3) is 0 Å². The third kappa shape index (κ3) is 3.51. The molecule has 1 N–H and O–H groups in total. The molecule has 0 aliphatic heterocycles. The molecule has 76 valence electrons. The van der Waals surface area contributed by atoms with Crippen molar-refractivity contribution in [3.8, 4) is 0 Å².